The molecule has 0 radical (unpaired) electrons. The van der Waals surface area contributed by atoms with E-state index >= 15 is 0 Å². The van der Waals surface area contributed by atoms with Crippen molar-refractivity contribution in [3.05, 3.63) is 17.5 Å². The summed E-state index contributed by atoms with van der Waals surface area (Å²) >= 11 is 0. The van der Waals surface area contributed by atoms with Gasteiger partial charge in [-0.1, -0.05) is 6.92 Å². The molecule has 1 saturated heterocycles. The molecule has 0 bridgehead atoms. The first kappa shape index (κ1) is 14.2. The molecule has 2 heterocycles. The molecule has 1 aromatic heterocycles. The van der Waals surface area contributed by atoms with Crippen LogP contribution in [0.4, 0.5) is 5.95 Å². The SMILES string of the molecule is Cc1cc(C)nc(NC[C@H](C)CC2(C)OCCO2)n1. The van der Waals surface area contributed by atoms with Crippen LogP contribution in [0.2, 0.25) is 0 Å². The molecule has 0 aliphatic carbocycles. The van der Waals surface area contributed by atoms with Gasteiger partial charge in [-0.2, -0.15) is 0 Å². The van der Waals surface area contributed by atoms with Gasteiger partial charge in [0.2, 0.25) is 5.95 Å². The van der Waals surface area contributed by atoms with E-state index in [1.165, 1.54) is 0 Å². The van der Waals surface area contributed by atoms with Crippen molar-refractivity contribution in [1.29, 1.82) is 0 Å². The Balaban J connectivity index is 1.84. The molecule has 1 aliphatic heterocycles. The third kappa shape index (κ3) is 4.14. The van der Waals surface area contributed by atoms with Crippen LogP contribution in [0.5, 0.6) is 0 Å². The molecule has 1 fully saturated rings. The fraction of sp³-hybridized carbons (Fsp3) is 0.714. The normalized spacial score (nSPS) is 19.4. The maximum atomic E-state index is 5.62. The number of hydrogen-bond donors (Lipinski definition) is 1. The minimum atomic E-state index is -0.426. The smallest absolute Gasteiger partial charge is 0.223 e. The van der Waals surface area contributed by atoms with Crippen LogP contribution >= 0.6 is 0 Å². The molecule has 0 spiro atoms. The molecule has 0 saturated carbocycles. The molecule has 1 aliphatic rings. The number of nitrogens with one attached hydrogen (secondary N) is 1. The second-order valence-corrected chi connectivity index (χ2v) is 5.50. The van der Waals surface area contributed by atoms with E-state index in [0.717, 1.165) is 24.4 Å². The van der Waals surface area contributed by atoms with Gasteiger partial charge in [0.25, 0.3) is 0 Å². The predicted octanol–water partition coefficient (Wildman–Crippen LogP) is 2.29. The highest BCUT2D eigenvalue weighted by atomic mass is 16.7. The van der Waals surface area contributed by atoms with Crippen LogP contribution in [-0.4, -0.2) is 35.5 Å². The highest BCUT2D eigenvalue weighted by molar-refractivity contribution is 5.27. The highest BCUT2D eigenvalue weighted by Crippen LogP contribution is 2.26. The summed E-state index contributed by atoms with van der Waals surface area (Å²) in [6, 6.07) is 1.97. The fourth-order valence-corrected chi connectivity index (χ4v) is 2.45. The highest BCUT2D eigenvalue weighted by Gasteiger charge is 2.32. The molecule has 0 aromatic carbocycles. The number of rotatable bonds is 5. The molecular weight excluding hydrogens is 242 g/mol. The molecule has 1 N–H and O–H groups in total. The largest absolute Gasteiger partial charge is 0.354 e. The first-order valence-corrected chi connectivity index (χ1v) is 6.81. The zero-order valence-electron chi connectivity index (χ0n) is 12.2. The lowest BCUT2D eigenvalue weighted by molar-refractivity contribution is -0.153. The number of ether oxygens (including phenoxy) is 2. The molecule has 2 rings (SSSR count). The second kappa shape index (κ2) is 5.84. The van der Waals surface area contributed by atoms with Crippen LogP contribution in [-0.2, 0) is 9.47 Å². The Hall–Kier alpha value is -1.20. The molecule has 5 heteroatoms. The van der Waals surface area contributed by atoms with Gasteiger partial charge >= 0.3 is 0 Å². The second-order valence-electron chi connectivity index (χ2n) is 5.50. The summed E-state index contributed by atoms with van der Waals surface area (Å²) in [5.74, 6) is 0.695. The number of anilines is 1. The number of aromatic nitrogens is 2. The number of aryl methyl sites for hydroxylation is 2. The van der Waals surface area contributed by atoms with E-state index in [-0.39, 0.29) is 0 Å². The van der Waals surface area contributed by atoms with Crippen molar-refractivity contribution >= 4 is 5.95 Å². The van der Waals surface area contributed by atoms with Crippen LogP contribution in [0.15, 0.2) is 6.07 Å². The Labute approximate surface area is 114 Å². The molecular formula is C14H23N3O2. The van der Waals surface area contributed by atoms with Crippen LogP contribution in [0, 0.1) is 19.8 Å². The van der Waals surface area contributed by atoms with Crippen molar-refractivity contribution < 1.29 is 9.47 Å². The van der Waals surface area contributed by atoms with Crippen LogP contribution in [0.3, 0.4) is 0 Å². The lowest BCUT2D eigenvalue weighted by atomic mass is 10.0. The Kier molecular flexibility index (Phi) is 4.37. The maximum absolute atomic E-state index is 5.62. The van der Waals surface area contributed by atoms with Crippen LogP contribution in [0.1, 0.15) is 31.7 Å². The summed E-state index contributed by atoms with van der Waals surface area (Å²) in [5.41, 5.74) is 1.97. The Morgan fingerprint density at radius 1 is 1.26 bits per heavy atom. The van der Waals surface area contributed by atoms with E-state index in [9.17, 15) is 0 Å². The van der Waals surface area contributed by atoms with E-state index in [2.05, 4.69) is 22.2 Å². The van der Waals surface area contributed by atoms with Crippen LogP contribution in [0.25, 0.3) is 0 Å². The molecule has 0 unspecified atom stereocenters. The number of hydrogen-bond acceptors (Lipinski definition) is 5. The minimum Gasteiger partial charge on any atom is -0.354 e. The molecule has 19 heavy (non-hydrogen) atoms. The average Bonchev–Trinajstić information content (AvgIpc) is 2.72. The van der Waals surface area contributed by atoms with E-state index in [1.54, 1.807) is 0 Å². The summed E-state index contributed by atoms with van der Waals surface area (Å²) in [7, 11) is 0. The molecule has 106 valence electrons. The van der Waals surface area contributed by atoms with E-state index in [4.69, 9.17) is 9.47 Å². The molecule has 0 amide bonds. The van der Waals surface area contributed by atoms with E-state index < -0.39 is 5.79 Å². The van der Waals surface area contributed by atoms with Crippen molar-refractivity contribution in [3.8, 4) is 0 Å². The van der Waals surface area contributed by atoms with Crippen molar-refractivity contribution in [2.24, 2.45) is 5.92 Å². The van der Waals surface area contributed by atoms with Gasteiger partial charge in [-0.15, -0.1) is 0 Å². The quantitative estimate of drug-likeness (QED) is 0.885. The van der Waals surface area contributed by atoms with Gasteiger partial charge < -0.3 is 14.8 Å². The summed E-state index contributed by atoms with van der Waals surface area (Å²) in [4.78, 5) is 8.74. The topological polar surface area (TPSA) is 56.3 Å². The van der Waals surface area contributed by atoms with Crippen molar-refractivity contribution in [2.75, 3.05) is 25.1 Å². The van der Waals surface area contributed by atoms with Gasteiger partial charge in [0.1, 0.15) is 0 Å². The predicted molar refractivity (Wildman–Crippen MR) is 74.1 cm³/mol. The Morgan fingerprint density at radius 3 is 2.42 bits per heavy atom. The zero-order chi connectivity index (χ0) is 13.9. The molecule has 5 nitrogen and oxygen atoms in total. The summed E-state index contributed by atoms with van der Waals surface area (Å²) < 4.78 is 11.2. The first-order valence-electron chi connectivity index (χ1n) is 6.81. The fourth-order valence-electron chi connectivity index (χ4n) is 2.45. The van der Waals surface area contributed by atoms with E-state index in [1.807, 2.05) is 26.8 Å². The van der Waals surface area contributed by atoms with Gasteiger partial charge in [-0.3, -0.25) is 0 Å². The lowest BCUT2D eigenvalue weighted by Crippen LogP contribution is -2.30. The third-order valence-corrected chi connectivity index (χ3v) is 3.21. The van der Waals surface area contributed by atoms with Crippen molar-refractivity contribution in [1.82, 2.24) is 9.97 Å². The average molecular weight is 265 g/mol. The van der Waals surface area contributed by atoms with Crippen LogP contribution < -0.4 is 5.32 Å². The molecule has 1 atom stereocenters. The first-order chi connectivity index (χ1) is 8.97. The number of nitrogens with zero attached hydrogens (tertiary/aromatic N) is 2. The van der Waals surface area contributed by atoms with Gasteiger partial charge in [-0.25, -0.2) is 9.97 Å². The standard InChI is InChI=1S/C14H23N3O2/c1-10(8-14(4)18-5-6-19-14)9-15-13-16-11(2)7-12(3)17-13/h7,10H,5-6,8-9H2,1-4H3,(H,15,16,17)/t10-/m1/s1. The van der Waals surface area contributed by atoms with Crippen molar-refractivity contribution in [2.45, 2.75) is 39.9 Å². The maximum Gasteiger partial charge on any atom is 0.223 e. The minimum absolute atomic E-state index is 0.424. The van der Waals surface area contributed by atoms with Gasteiger partial charge in [0, 0.05) is 24.4 Å². The summed E-state index contributed by atoms with van der Waals surface area (Å²) in [6.45, 7) is 10.3. The Bertz CT molecular complexity index is 410. The summed E-state index contributed by atoms with van der Waals surface area (Å²) in [5, 5.41) is 3.28. The van der Waals surface area contributed by atoms with Gasteiger partial charge in [0.15, 0.2) is 5.79 Å². The lowest BCUT2D eigenvalue weighted by Gasteiger charge is -2.26. The third-order valence-electron chi connectivity index (χ3n) is 3.21. The molecule has 1 aromatic rings. The summed E-state index contributed by atoms with van der Waals surface area (Å²) in [6.07, 6.45) is 0.866. The van der Waals surface area contributed by atoms with Gasteiger partial charge in [0.05, 0.1) is 13.2 Å². The van der Waals surface area contributed by atoms with Crippen molar-refractivity contribution in [3.63, 3.8) is 0 Å². The Morgan fingerprint density at radius 2 is 1.84 bits per heavy atom. The monoisotopic (exact) mass is 265 g/mol. The zero-order valence-corrected chi connectivity index (χ0v) is 12.2. The van der Waals surface area contributed by atoms with Gasteiger partial charge in [-0.05, 0) is 32.8 Å². The van der Waals surface area contributed by atoms with E-state index in [0.29, 0.717) is 25.1 Å².